The molecule has 0 spiro atoms. The molecule has 2 rings (SSSR count). The number of aromatic nitrogens is 1. The lowest BCUT2D eigenvalue weighted by atomic mass is 10.5. The second-order valence-electron chi connectivity index (χ2n) is 3.07. The summed E-state index contributed by atoms with van der Waals surface area (Å²) in [6, 6.07) is 0.846. The lowest BCUT2D eigenvalue weighted by Crippen LogP contribution is -2.19. The Bertz CT molecular complexity index is 216. The Morgan fingerprint density at radius 1 is 1.73 bits per heavy atom. The average molecular weight is 168 g/mol. The molecule has 1 heterocycles. The summed E-state index contributed by atoms with van der Waals surface area (Å²) in [4.78, 5) is 6.63. The van der Waals surface area contributed by atoms with E-state index in [0.29, 0.717) is 0 Å². The van der Waals surface area contributed by atoms with Gasteiger partial charge in [-0.15, -0.1) is 11.3 Å². The van der Waals surface area contributed by atoms with Gasteiger partial charge < -0.3 is 0 Å². The number of thiazole rings is 1. The van der Waals surface area contributed by atoms with Gasteiger partial charge in [-0.2, -0.15) is 0 Å². The van der Waals surface area contributed by atoms with Gasteiger partial charge in [-0.25, -0.2) is 4.98 Å². The van der Waals surface area contributed by atoms with Crippen LogP contribution in [0.5, 0.6) is 0 Å². The standard InChI is InChI=1S/C8H12N2S/c1-10(7-2-3-7)6-8-9-4-5-11-8/h4-5,7H,2-3,6H2,1H3. The van der Waals surface area contributed by atoms with Gasteiger partial charge in [0.05, 0.1) is 6.54 Å². The Kier molecular flexibility index (Phi) is 1.92. The van der Waals surface area contributed by atoms with E-state index >= 15 is 0 Å². The monoisotopic (exact) mass is 168 g/mol. The van der Waals surface area contributed by atoms with E-state index < -0.39 is 0 Å². The highest BCUT2D eigenvalue weighted by molar-refractivity contribution is 7.09. The highest BCUT2D eigenvalue weighted by atomic mass is 32.1. The fourth-order valence-corrected chi connectivity index (χ4v) is 1.87. The first kappa shape index (κ1) is 7.25. The molecule has 0 aliphatic heterocycles. The summed E-state index contributed by atoms with van der Waals surface area (Å²) in [5.74, 6) is 0. The van der Waals surface area contributed by atoms with E-state index in [0.717, 1.165) is 12.6 Å². The first-order valence-corrected chi connectivity index (χ1v) is 4.83. The van der Waals surface area contributed by atoms with Crippen LogP contribution in [-0.2, 0) is 6.54 Å². The molecule has 0 atom stereocenters. The van der Waals surface area contributed by atoms with Crippen LogP contribution in [0.3, 0.4) is 0 Å². The zero-order chi connectivity index (χ0) is 7.68. The number of nitrogens with zero attached hydrogens (tertiary/aromatic N) is 2. The minimum Gasteiger partial charge on any atom is -0.297 e. The van der Waals surface area contributed by atoms with Crippen molar-refractivity contribution in [3.05, 3.63) is 16.6 Å². The normalized spacial score (nSPS) is 17.6. The fraction of sp³-hybridized carbons (Fsp3) is 0.625. The van der Waals surface area contributed by atoms with Crippen LogP contribution in [0.25, 0.3) is 0 Å². The van der Waals surface area contributed by atoms with Gasteiger partial charge in [0.2, 0.25) is 0 Å². The van der Waals surface area contributed by atoms with Crippen molar-refractivity contribution >= 4 is 11.3 Å². The van der Waals surface area contributed by atoms with Crippen LogP contribution in [0.2, 0.25) is 0 Å². The first-order valence-electron chi connectivity index (χ1n) is 3.95. The van der Waals surface area contributed by atoms with Gasteiger partial charge in [-0.1, -0.05) is 0 Å². The molecule has 1 aliphatic carbocycles. The third-order valence-electron chi connectivity index (χ3n) is 2.04. The van der Waals surface area contributed by atoms with Crippen LogP contribution < -0.4 is 0 Å². The Hall–Kier alpha value is -0.410. The first-order chi connectivity index (χ1) is 5.36. The molecule has 11 heavy (non-hydrogen) atoms. The molecule has 1 aromatic heterocycles. The van der Waals surface area contributed by atoms with Gasteiger partial charge in [0.15, 0.2) is 0 Å². The maximum Gasteiger partial charge on any atom is 0.107 e. The van der Waals surface area contributed by atoms with Crippen LogP contribution in [-0.4, -0.2) is 23.0 Å². The van der Waals surface area contributed by atoms with Crippen molar-refractivity contribution in [3.63, 3.8) is 0 Å². The SMILES string of the molecule is CN(Cc1nccs1)C1CC1. The summed E-state index contributed by atoms with van der Waals surface area (Å²) in [6.45, 7) is 1.03. The Balaban J connectivity index is 1.89. The predicted octanol–water partition coefficient (Wildman–Crippen LogP) is 1.74. The summed E-state index contributed by atoms with van der Waals surface area (Å²) >= 11 is 1.74. The summed E-state index contributed by atoms with van der Waals surface area (Å²) in [6.07, 6.45) is 4.63. The molecule has 2 nitrogen and oxygen atoms in total. The fourth-order valence-electron chi connectivity index (χ4n) is 1.19. The molecular formula is C8H12N2S. The lowest BCUT2D eigenvalue weighted by molar-refractivity contribution is 0.316. The molecule has 0 aromatic carbocycles. The molecule has 1 saturated carbocycles. The number of hydrogen-bond donors (Lipinski definition) is 0. The van der Waals surface area contributed by atoms with E-state index in [2.05, 4.69) is 16.9 Å². The van der Waals surface area contributed by atoms with Crippen LogP contribution >= 0.6 is 11.3 Å². The van der Waals surface area contributed by atoms with E-state index in [1.165, 1.54) is 17.8 Å². The van der Waals surface area contributed by atoms with Gasteiger partial charge in [0.25, 0.3) is 0 Å². The molecule has 60 valence electrons. The molecule has 1 fully saturated rings. The van der Waals surface area contributed by atoms with Crippen molar-refractivity contribution in [2.75, 3.05) is 7.05 Å². The third-order valence-corrected chi connectivity index (χ3v) is 2.80. The van der Waals surface area contributed by atoms with Crippen molar-refractivity contribution in [3.8, 4) is 0 Å². The maximum absolute atomic E-state index is 4.24. The topological polar surface area (TPSA) is 16.1 Å². The smallest absolute Gasteiger partial charge is 0.107 e. The summed E-state index contributed by atoms with van der Waals surface area (Å²) < 4.78 is 0. The molecule has 3 heteroatoms. The van der Waals surface area contributed by atoms with Crippen LogP contribution in [0.1, 0.15) is 17.8 Å². The van der Waals surface area contributed by atoms with E-state index in [1.54, 1.807) is 11.3 Å². The minimum absolute atomic E-state index is 0.846. The van der Waals surface area contributed by atoms with Crippen molar-refractivity contribution in [2.45, 2.75) is 25.4 Å². The third kappa shape index (κ3) is 1.79. The molecular weight excluding hydrogens is 156 g/mol. The average Bonchev–Trinajstić information content (AvgIpc) is 2.73. The Labute approximate surface area is 70.9 Å². The van der Waals surface area contributed by atoms with Crippen LogP contribution in [0, 0.1) is 0 Å². The summed E-state index contributed by atoms with van der Waals surface area (Å²) in [7, 11) is 2.18. The van der Waals surface area contributed by atoms with Gasteiger partial charge in [0.1, 0.15) is 5.01 Å². The van der Waals surface area contributed by atoms with Gasteiger partial charge in [0, 0.05) is 17.6 Å². The predicted molar refractivity (Wildman–Crippen MR) is 46.6 cm³/mol. The molecule has 1 aliphatic rings. The quantitative estimate of drug-likeness (QED) is 0.683. The molecule has 0 amide bonds. The minimum atomic E-state index is 0.846. The second kappa shape index (κ2) is 2.91. The molecule has 0 bridgehead atoms. The highest BCUT2D eigenvalue weighted by Gasteiger charge is 2.26. The van der Waals surface area contributed by atoms with E-state index in [-0.39, 0.29) is 0 Å². The molecule has 0 radical (unpaired) electrons. The zero-order valence-electron chi connectivity index (χ0n) is 6.66. The largest absolute Gasteiger partial charge is 0.297 e. The van der Waals surface area contributed by atoms with Crippen LogP contribution in [0.15, 0.2) is 11.6 Å². The van der Waals surface area contributed by atoms with Gasteiger partial charge in [-0.3, -0.25) is 4.90 Å². The number of rotatable bonds is 3. The molecule has 0 N–H and O–H groups in total. The van der Waals surface area contributed by atoms with E-state index in [9.17, 15) is 0 Å². The highest BCUT2D eigenvalue weighted by Crippen LogP contribution is 2.26. The lowest BCUT2D eigenvalue weighted by Gasteiger charge is -2.12. The molecule has 0 unspecified atom stereocenters. The zero-order valence-corrected chi connectivity index (χ0v) is 7.47. The Morgan fingerprint density at radius 3 is 3.09 bits per heavy atom. The van der Waals surface area contributed by atoms with Crippen molar-refractivity contribution in [1.29, 1.82) is 0 Å². The molecule has 0 saturated heterocycles. The second-order valence-corrected chi connectivity index (χ2v) is 4.05. The van der Waals surface area contributed by atoms with E-state index in [4.69, 9.17) is 0 Å². The Morgan fingerprint density at radius 2 is 2.55 bits per heavy atom. The van der Waals surface area contributed by atoms with Crippen molar-refractivity contribution < 1.29 is 0 Å². The summed E-state index contributed by atoms with van der Waals surface area (Å²) in [5, 5.41) is 3.27. The van der Waals surface area contributed by atoms with Crippen LogP contribution in [0.4, 0.5) is 0 Å². The van der Waals surface area contributed by atoms with Gasteiger partial charge >= 0.3 is 0 Å². The maximum atomic E-state index is 4.24. The van der Waals surface area contributed by atoms with E-state index in [1.807, 2.05) is 11.6 Å². The molecule has 1 aromatic rings. The van der Waals surface area contributed by atoms with Crippen molar-refractivity contribution in [1.82, 2.24) is 9.88 Å². The summed E-state index contributed by atoms with van der Waals surface area (Å²) in [5.41, 5.74) is 0. The number of hydrogen-bond acceptors (Lipinski definition) is 3. The van der Waals surface area contributed by atoms with Gasteiger partial charge in [-0.05, 0) is 19.9 Å². The van der Waals surface area contributed by atoms with Crippen molar-refractivity contribution in [2.24, 2.45) is 0 Å².